The number of rotatable bonds is 6. The molecule has 0 spiro atoms. The van der Waals surface area contributed by atoms with Crippen LogP contribution >= 0.6 is 0 Å². The molecule has 1 aromatic carbocycles. The summed E-state index contributed by atoms with van der Waals surface area (Å²) in [5.41, 5.74) is 0.495. The molecule has 1 unspecified atom stereocenters. The lowest BCUT2D eigenvalue weighted by atomic mass is 10.0. The van der Waals surface area contributed by atoms with Gasteiger partial charge in [-0.2, -0.15) is 5.10 Å². The highest BCUT2D eigenvalue weighted by Crippen LogP contribution is 2.26. The van der Waals surface area contributed by atoms with Crippen molar-refractivity contribution in [1.29, 1.82) is 0 Å². The predicted octanol–water partition coefficient (Wildman–Crippen LogP) is 2.16. The molecule has 2 heterocycles. The number of benzene rings is 1. The summed E-state index contributed by atoms with van der Waals surface area (Å²) in [4.78, 5) is 14.9. The van der Waals surface area contributed by atoms with Crippen LogP contribution in [0.4, 0.5) is 5.82 Å². The largest absolute Gasteiger partial charge is 0.496 e. The highest BCUT2D eigenvalue weighted by atomic mass is 16.5. The number of aromatic nitrogens is 2. The Kier molecular flexibility index (Phi) is 5.90. The van der Waals surface area contributed by atoms with Crippen molar-refractivity contribution in [2.24, 2.45) is 0 Å². The summed E-state index contributed by atoms with van der Waals surface area (Å²) in [5.74, 6) is 1.02. The number of hydrogen-bond donors (Lipinski definition) is 2. The van der Waals surface area contributed by atoms with Gasteiger partial charge < -0.3 is 20.1 Å². The van der Waals surface area contributed by atoms with Crippen LogP contribution in [0.1, 0.15) is 36.2 Å². The number of anilines is 1. The number of piperidine rings is 1. The smallest absolute Gasteiger partial charge is 0.260 e. The second kappa shape index (κ2) is 8.33. The standard InChI is InChI=1S/C19H26N4O3/c1-14(24)13-22-11-8-15(9-12-22)23-18(7-10-20-23)21-19(25)16-5-3-4-6-17(16)26-2/h3-7,10,14-15,24H,8-9,11-13H2,1-2H3,(H,21,25). The second-order valence-corrected chi connectivity index (χ2v) is 6.70. The van der Waals surface area contributed by atoms with E-state index in [0.717, 1.165) is 25.9 Å². The molecule has 3 rings (SSSR count). The molecule has 0 saturated carbocycles. The molecular weight excluding hydrogens is 332 g/mol. The third-order valence-electron chi connectivity index (χ3n) is 4.69. The topological polar surface area (TPSA) is 79.6 Å². The van der Waals surface area contributed by atoms with E-state index in [4.69, 9.17) is 4.74 Å². The van der Waals surface area contributed by atoms with Crippen molar-refractivity contribution < 1.29 is 14.6 Å². The first-order valence-electron chi connectivity index (χ1n) is 8.96. The van der Waals surface area contributed by atoms with Crippen molar-refractivity contribution in [3.8, 4) is 5.75 Å². The normalized spacial score (nSPS) is 17.0. The molecule has 26 heavy (non-hydrogen) atoms. The Balaban J connectivity index is 1.67. The quantitative estimate of drug-likeness (QED) is 0.827. The van der Waals surface area contributed by atoms with Crippen LogP contribution in [-0.4, -0.2) is 58.5 Å². The number of nitrogens with one attached hydrogen (secondary N) is 1. The Bertz CT molecular complexity index is 736. The van der Waals surface area contributed by atoms with E-state index < -0.39 is 0 Å². The van der Waals surface area contributed by atoms with Crippen molar-refractivity contribution in [1.82, 2.24) is 14.7 Å². The Hall–Kier alpha value is -2.38. The molecule has 7 heteroatoms. The van der Waals surface area contributed by atoms with Crippen molar-refractivity contribution in [3.05, 3.63) is 42.1 Å². The molecule has 0 radical (unpaired) electrons. The minimum atomic E-state index is -0.313. The van der Waals surface area contributed by atoms with Crippen LogP contribution in [0.25, 0.3) is 0 Å². The van der Waals surface area contributed by atoms with E-state index in [0.29, 0.717) is 23.7 Å². The number of aliphatic hydroxyl groups is 1. The molecule has 1 aliphatic heterocycles. The Morgan fingerprint density at radius 1 is 1.35 bits per heavy atom. The maximum atomic E-state index is 12.6. The van der Waals surface area contributed by atoms with Crippen molar-refractivity contribution in [2.75, 3.05) is 32.1 Å². The van der Waals surface area contributed by atoms with Gasteiger partial charge in [-0.15, -0.1) is 0 Å². The number of likely N-dealkylation sites (tertiary alicyclic amines) is 1. The number of ether oxygens (including phenoxy) is 1. The minimum Gasteiger partial charge on any atom is -0.496 e. The van der Waals surface area contributed by atoms with Crippen LogP contribution in [0, 0.1) is 0 Å². The van der Waals surface area contributed by atoms with Gasteiger partial charge in [0.1, 0.15) is 11.6 Å². The van der Waals surface area contributed by atoms with Gasteiger partial charge in [0.25, 0.3) is 5.91 Å². The lowest BCUT2D eigenvalue weighted by Gasteiger charge is -2.33. The van der Waals surface area contributed by atoms with Crippen LogP contribution in [-0.2, 0) is 0 Å². The van der Waals surface area contributed by atoms with Crippen LogP contribution in [0.15, 0.2) is 36.5 Å². The first-order valence-corrected chi connectivity index (χ1v) is 8.96. The van der Waals surface area contributed by atoms with Crippen LogP contribution in [0.2, 0.25) is 0 Å². The fourth-order valence-corrected chi connectivity index (χ4v) is 3.44. The summed E-state index contributed by atoms with van der Waals surface area (Å²) in [6.07, 6.45) is 3.27. The lowest BCUT2D eigenvalue weighted by molar-refractivity contribution is 0.0986. The number of aliphatic hydroxyl groups excluding tert-OH is 1. The average molecular weight is 358 g/mol. The second-order valence-electron chi connectivity index (χ2n) is 6.70. The van der Waals surface area contributed by atoms with Gasteiger partial charge in [0.2, 0.25) is 0 Å². The molecule has 1 aliphatic rings. The molecule has 2 aromatic rings. The zero-order chi connectivity index (χ0) is 18.5. The third-order valence-corrected chi connectivity index (χ3v) is 4.69. The van der Waals surface area contributed by atoms with E-state index in [2.05, 4.69) is 15.3 Å². The molecule has 1 amide bonds. The van der Waals surface area contributed by atoms with E-state index in [1.54, 1.807) is 25.4 Å². The summed E-state index contributed by atoms with van der Waals surface area (Å²) in [6, 6.07) is 9.21. The fourth-order valence-electron chi connectivity index (χ4n) is 3.44. The molecule has 1 fully saturated rings. The highest BCUT2D eigenvalue weighted by molar-refractivity contribution is 6.05. The van der Waals surface area contributed by atoms with E-state index in [-0.39, 0.29) is 18.1 Å². The number of β-amino-alcohol motifs (C(OH)–C–C–N with tert-alkyl or cyclic N) is 1. The first-order chi connectivity index (χ1) is 12.6. The zero-order valence-corrected chi connectivity index (χ0v) is 15.3. The Labute approximate surface area is 153 Å². The van der Waals surface area contributed by atoms with Gasteiger partial charge in [0.05, 0.1) is 31.0 Å². The molecule has 0 aliphatic carbocycles. The maximum absolute atomic E-state index is 12.6. The molecule has 0 bridgehead atoms. The van der Waals surface area contributed by atoms with Crippen LogP contribution in [0.3, 0.4) is 0 Å². The van der Waals surface area contributed by atoms with Crippen molar-refractivity contribution in [3.63, 3.8) is 0 Å². The first kappa shape index (κ1) is 18.4. The van der Waals surface area contributed by atoms with Gasteiger partial charge in [-0.05, 0) is 31.9 Å². The number of carbonyl (C=O) groups excluding carboxylic acids is 1. The molecule has 1 atom stereocenters. The van der Waals surface area contributed by atoms with Crippen LogP contribution in [0.5, 0.6) is 5.75 Å². The summed E-state index contributed by atoms with van der Waals surface area (Å²) in [6.45, 7) is 4.33. The van der Waals surface area contributed by atoms with Gasteiger partial charge in [-0.1, -0.05) is 12.1 Å². The van der Waals surface area contributed by atoms with E-state index in [9.17, 15) is 9.90 Å². The summed E-state index contributed by atoms with van der Waals surface area (Å²) in [5, 5.41) is 16.9. The zero-order valence-electron chi connectivity index (χ0n) is 15.3. The third kappa shape index (κ3) is 4.23. The monoisotopic (exact) mass is 358 g/mol. The molecule has 2 N–H and O–H groups in total. The van der Waals surface area contributed by atoms with Crippen molar-refractivity contribution in [2.45, 2.75) is 31.9 Å². The predicted molar refractivity (Wildman–Crippen MR) is 99.6 cm³/mol. The number of para-hydroxylation sites is 1. The molecular formula is C19H26N4O3. The molecule has 140 valence electrons. The average Bonchev–Trinajstić information content (AvgIpc) is 3.10. The van der Waals surface area contributed by atoms with E-state index in [1.165, 1.54) is 0 Å². The van der Waals surface area contributed by atoms with Gasteiger partial charge in [0, 0.05) is 25.7 Å². The molecule has 1 aromatic heterocycles. The lowest BCUT2D eigenvalue weighted by Crippen LogP contribution is -2.39. The highest BCUT2D eigenvalue weighted by Gasteiger charge is 2.24. The summed E-state index contributed by atoms with van der Waals surface area (Å²) >= 11 is 0. The summed E-state index contributed by atoms with van der Waals surface area (Å²) in [7, 11) is 1.55. The molecule has 1 saturated heterocycles. The van der Waals surface area contributed by atoms with Gasteiger partial charge in [-0.25, -0.2) is 4.68 Å². The van der Waals surface area contributed by atoms with E-state index >= 15 is 0 Å². The number of carbonyl (C=O) groups is 1. The Morgan fingerprint density at radius 3 is 2.77 bits per heavy atom. The minimum absolute atomic E-state index is 0.212. The molecule has 7 nitrogen and oxygen atoms in total. The van der Waals surface area contributed by atoms with Gasteiger partial charge >= 0.3 is 0 Å². The number of hydrogen-bond acceptors (Lipinski definition) is 5. The maximum Gasteiger partial charge on any atom is 0.260 e. The number of nitrogens with zero attached hydrogens (tertiary/aromatic N) is 3. The summed E-state index contributed by atoms with van der Waals surface area (Å²) < 4.78 is 7.16. The van der Waals surface area contributed by atoms with Gasteiger partial charge in [0.15, 0.2) is 0 Å². The van der Waals surface area contributed by atoms with E-state index in [1.807, 2.05) is 29.8 Å². The number of amides is 1. The van der Waals surface area contributed by atoms with Crippen LogP contribution < -0.4 is 10.1 Å². The fraction of sp³-hybridized carbons (Fsp3) is 0.474. The SMILES string of the molecule is COc1ccccc1C(=O)Nc1ccnn1C1CCN(CC(C)O)CC1. The Morgan fingerprint density at radius 2 is 2.08 bits per heavy atom. The number of methoxy groups -OCH3 is 1. The van der Waals surface area contributed by atoms with Gasteiger partial charge in [-0.3, -0.25) is 4.79 Å². The van der Waals surface area contributed by atoms with Crippen molar-refractivity contribution >= 4 is 11.7 Å².